The molecule has 1 aromatic heterocycles. The summed E-state index contributed by atoms with van der Waals surface area (Å²) in [6.07, 6.45) is 3.60. The molecule has 0 amide bonds. The highest BCUT2D eigenvalue weighted by molar-refractivity contribution is 7.07. The Balaban J connectivity index is 2.07. The van der Waals surface area contributed by atoms with Crippen LogP contribution in [0.25, 0.3) is 0 Å². The van der Waals surface area contributed by atoms with E-state index in [1.54, 1.807) is 11.3 Å². The van der Waals surface area contributed by atoms with Gasteiger partial charge in [0, 0.05) is 5.38 Å². The number of rotatable bonds is 3. The Bertz CT molecular complexity index is 258. The van der Waals surface area contributed by atoms with Gasteiger partial charge in [-0.15, -0.1) is 11.3 Å². The van der Waals surface area contributed by atoms with E-state index in [1.807, 2.05) is 5.51 Å². The van der Waals surface area contributed by atoms with E-state index in [0.29, 0.717) is 5.92 Å². The first kappa shape index (κ1) is 8.20. The topological polar surface area (TPSA) is 38.9 Å². The molecule has 0 radical (unpaired) electrons. The molecule has 1 fully saturated rings. The fourth-order valence-corrected chi connectivity index (χ4v) is 2.46. The molecule has 2 atom stereocenters. The summed E-state index contributed by atoms with van der Waals surface area (Å²) in [5.74, 6) is 0.685. The van der Waals surface area contributed by atoms with Crippen molar-refractivity contribution in [1.29, 1.82) is 0 Å². The summed E-state index contributed by atoms with van der Waals surface area (Å²) in [5, 5.41) is 2.08. The van der Waals surface area contributed by atoms with Crippen LogP contribution in [-0.4, -0.2) is 4.98 Å². The second-order valence-corrected chi connectivity index (χ2v) is 4.32. The van der Waals surface area contributed by atoms with E-state index in [9.17, 15) is 0 Å². The fourth-order valence-electron chi connectivity index (χ4n) is 1.81. The summed E-state index contributed by atoms with van der Waals surface area (Å²) in [5.41, 5.74) is 9.10. The molecule has 0 saturated heterocycles. The first-order valence-corrected chi connectivity index (χ1v) is 5.39. The van der Waals surface area contributed by atoms with E-state index in [1.165, 1.54) is 12.8 Å². The number of thiazole rings is 1. The monoisotopic (exact) mass is 182 g/mol. The van der Waals surface area contributed by atoms with Gasteiger partial charge in [-0.05, 0) is 18.8 Å². The van der Waals surface area contributed by atoms with Crippen LogP contribution in [0, 0.1) is 5.92 Å². The van der Waals surface area contributed by atoms with Gasteiger partial charge in [-0.1, -0.05) is 13.3 Å². The minimum absolute atomic E-state index is 0.0595. The van der Waals surface area contributed by atoms with Crippen molar-refractivity contribution in [3.63, 3.8) is 0 Å². The second kappa shape index (κ2) is 2.82. The predicted octanol–water partition coefficient (Wildman–Crippen LogP) is 2.12. The quantitative estimate of drug-likeness (QED) is 0.777. The predicted molar refractivity (Wildman–Crippen MR) is 51.0 cm³/mol. The highest BCUT2D eigenvalue weighted by Gasteiger charge is 2.52. The Morgan fingerprint density at radius 2 is 2.67 bits per heavy atom. The van der Waals surface area contributed by atoms with E-state index in [-0.39, 0.29) is 5.54 Å². The second-order valence-electron chi connectivity index (χ2n) is 3.60. The summed E-state index contributed by atoms with van der Waals surface area (Å²) in [6.45, 7) is 2.21. The zero-order valence-electron chi connectivity index (χ0n) is 7.29. The van der Waals surface area contributed by atoms with Gasteiger partial charge in [0.2, 0.25) is 0 Å². The van der Waals surface area contributed by atoms with Crippen LogP contribution >= 0.6 is 11.3 Å². The van der Waals surface area contributed by atoms with Gasteiger partial charge in [0.05, 0.1) is 16.7 Å². The van der Waals surface area contributed by atoms with E-state index < -0.39 is 0 Å². The minimum atomic E-state index is -0.0595. The Morgan fingerprint density at radius 3 is 3.25 bits per heavy atom. The third kappa shape index (κ3) is 1.17. The van der Waals surface area contributed by atoms with Gasteiger partial charge in [-0.3, -0.25) is 0 Å². The zero-order valence-corrected chi connectivity index (χ0v) is 8.10. The van der Waals surface area contributed by atoms with Crippen LogP contribution in [0.4, 0.5) is 0 Å². The van der Waals surface area contributed by atoms with Crippen molar-refractivity contribution in [2.75, 3.05) is 0 Å². The standard InChI is InChI=1S/C9H14N2S/c1-2-3-7-4-9(7,10)8-5-12-6-11-8/h5-7H,2-4,10H2,1H3. The molecule has 2 unspecified atom stereocenters. The molecule has 0 aliphatic heterocycles. The summed E-state index contributed by atoms with van der Waals surface area (Å²) >= 11 is 1.64. The van der Waals surface area contributed by atoms with E-state index in [2.05, 4.69) is 17.3 Å². The van der Waals surface area contributed by atoms with Crippen LogP contribution in [0.15, 0.2) is 10.9 Å². The first-order valence-electron chi connectivity index (χ1n) is 4.45. The lowest BCUT2D eigenvalue weighted by molar-refractivity contribution is 0.573. The molecule has 1 saturated carbocycles. The Labute approximate surface area is 76.8 Å². The zero-order chi connectivity index (χ0) is 8.60. The van der Waals surface area contributed by atoms with Gasteiger partial charge in [-0.2, -0.15) is 0 Å². The molecule has 2 N–H and O–H groups in total. The Morgan fingerprint density at radius 1 is 1.83 bits per heavy atom. The number of hydrogen-bond donors (Lipinski definition) is 1. The summed E-state index contributed by atoms with van der Waals surface area (Å²) in [7, 11) is 0. The van der Waals surface area contributed by atoms with Crippen molar-refractivity contribution < 1.29 is 0 Å². The van der Waals surface area contributed by atoms with Gasteiger partial charge in [-0.25, -0.2) is 4.98 Å². The normalized spacial score (nSPS) is 33.7. The van der Waals surface area contributed by atoms with Crippen LogP contribution < -0.4 is 5.73 Å². The Kier molecular flexibility index (Phi) is 1.93. The number of aromatic nitrogens is 1. The highest BCUT2D eigenvalue weighted by Crippen LogP contribution is 2.51. The molecule has 0 aromatic carbocycles. The molecule has 66 valence electrons. The molecule has 1 heterocycles. The van der Waals surface area contributed by atoms with Crippen molar-refractivity contribution in [2.24, 2.45) is 11.7 Å². The van der Waals surface area contributed by atoms with E-state index >= 15 is 0 Å². The molecule has 0 bridgehead atoms. The summed E-state index contributed by atoms with van der Waals surface area (Å²) < 4.78 is 0. The molecular weight excluding hydrogens is 168 g/mol. The molecule has 1 aliphatic rings. The number of nitrogens with two attached hydrogens (primary N) is 1. The Hall–Kier alpha value is -0.410. The van der Waals surface area contributed by atoms with Crippen molar-refractivity contribution >= 4 is 11.3 Å². The minimum Gasteiger partial charge on any atom is -0.320 e. The largest absolute Gasteiger partial charge is 0.320 e. The molecule has 12 heavy (non-hydrogen) atoms. The average molecular weight is 182 g/mol. The van der Waals surface area contributed by atoms with Gasteiger partial charge >= 0.3 is 0 Å². The highest BCUT2D eigenvalue weighted by atomic mass is 32.1. The van der Waals surface area contributed by atoms with Gasteiger partial charge in [0.15, 0.2) is 0 Å². The summed E-state index contributed by atoms with van der Waals surface area (Å²) in [4.78, 5) is 4.28. The van der Waals surface area contributed by atoms with Gasteiger partial charge in [0.1, 0.15) is 0 Å². The third-order valence-electron chi connectivity index (χ3n) is 2.70. The van der Waals surface area contributed by atoms with Crippen molar-refractivity contribution in [2.45, 2.75) is 31.7 Å². The maximum absolute atomic E-state index is 6.19. The van der Waals surface area contributed by atoms with Crippen LogP contribution in [-0.2, 0) is 5.54 Å². The van der Waals surface area contributed by atoms with Crippen LogP contribution in [0.2, 0.25) is 0 Å². The molecule has 2 rings (SSSR count). The van der Waals surface area contributed by atoms with E-state index in [0.717, 1.165) is 12.1 Å². The maximum Gasteiger partial charge on any atom is 0.0795 e. The average Bonchev–Trinajstić information content (AvgIpc) is 2.57. The van der Waals surface area contributed by atoms with Crippen molar-refractivity contribution in [3.8, 4) is 0 Å². The SMILES string of the molecule is CCCC1CC1(N)c1cscn1. The fraction of sp³-hybridized carbons (Fsp3) is 0.667. The maximum atomic E-state index is 6.19. The van der Waals surface area contributed by atoms with Crippen LogP contribution in [0.3, 0.4) is 0 Å². The van der Waals surface area contributed by atoms with Crippen molar-refractivity contribution in [3.05, 3.63) is 16.6 Å². The lowest BCUT2D eigenvalue weighted by atomic mass is 10.1. The van der Waals surface area contributed by atoms with Crippen molar-refractivity contribution in [1.82, 2.24) is 4.98 Å². The molecular formula is C9H14N2S. The molecule has 1 aliphatic carbocycles. The lowest BCUT2D eigenvalue weighted by Gasteiger charge is -2.06. The van der Waals surface area contributed by atoms with Gasteiger partial charge in [0.25, 0.3) is 0 Å². The summed E-state index contributed by atoms with van der Waals surface area (Å²) in [6, 6.07) is 0. The van der Waals surface area contributed by atoms with Crippen LogP contribution in [0.5, 0.6) is 0 Å². The first-order chi connectivity index (χ1) is 5.77. The smallest absolute Gasteiger partial charge is 0.0795 e. The third-order valence-corrected chi connectivity index (χ3v) is 3.29. The molecule has 1 aromatic rings. The van der Waals surface area contributed by atoms with E-state index in [4.69, 9.17) is 5.73 Å². The van der Waals surface area contributed by atoms with Gasteiger partial charge < -0.3 is 5.73 Å². The molecule has 2 nitrogen and oxygen atoms in total. The number of nitrogens with zero attached hydrogens (tertiary/aromatic N) is 1. The number of hydrogen-bond acceptors (Lipinski definition) is 3. The molecule has 0 spiro atoms. The lowest BCUT2D eigenvalue weighted by Crippen LogP contribution is -2.22. The van der Waals surface area contributed by atoms with Crippen LogP contribution in [0.1, 0.15) is 31.9 Å². The molecule has 3 heteroatoms.